The number of rotatable bonds is 6. The van der Waals surface area contributed by atoms with Crippen LogP contribution in [0.5, 0.6) is 0 Å². The van der Waals surface area contributed by atoms with Crippen LogP contribution in [0.4, 0.5) is 0 Å². The van der Waals surface area contributed by atoms with Gasteiger partial charge in [-0.15, -0.1) is 0 Å². The molecule has 0 unspecified atom stereocenters. The highest BCUT2D eigenvalue weighted by molar-refractivity contribution is 6.42. The van der Waals surface area contributed by atoms with Crippen molar-refractivity contribution in [3.8, 4) is 0 Å². The SMILES string of the molecule is COC(=O)c1cc2cc(C3=C(C)CC(C(=O)CCc4ccncc4)=N3)cnc2[nH]1. The summed E-state index contributed by atoms with van der Waals surface area (Å²) < 4.78 is 4.74. The summed E-state index contributed by atoms with van der Waals surface area (Å²) in [5.41, 5.74) is 5.23. The molecule has 0 amide bonds. The minimum atomic E-state index is -0.444. The van der Waals surface area contributed by atoms with Gasteiger partial charge in [0.25, 0.3) is 0 Å². The Kier molecular flexibility index (Phi) is 5.03. The number of ketones is 1. The lowest BCUT2D eigenvalue weighted by molar-refractivity contribution is -0.113. The molecule has 0 saturated heterocycles. The van der Waals surface area contributed by atoms with E-state index in [0.717, 1.165) is 27.8 Å². The number of carbonyl (C=O) groups is 2. The van der Waals surface area contributed by atoms with Gasteiger partial charge in [-0.25, -0.2) is 14.8 Å². The van der Waals surface area contributed by atoms with E-state index in [9.17, 15) is 9.59 Å². The van der Waals surface area contributed by atoms with Gasteiger partial charge in [0.2, 0.25) is 0 Å². The van der Waals surface area contributed by atoms with Crippen LogP contribution in [-0.2, 0) is 16.0 Å². The molecule has 29 heavy (non-hydrogen) atoms. The van der Waals surface area contributed by atoms with Gasteiger partial charge < -0.3 is 9.72 Å². The van der Waals surface area contributed by atoms with Crippen molar-refractivity contribution in [2.45, 2.75) is 26.2 Å². The van der Waals surface area contributed by atoms with Crippen molar-refractivity contribution in [3.05, 3.63) is 65.2 Å². The normalized spacial score (nSPS) is 13.7. The van der Waals surface area contributed by atoms with Gasteiger partial charge in [0, 0.05) is 42.4 Å². The van der Waals surface area contributed by atoms with Gasteiger partial charge in [-0.2, -0.15) is 0 Å². The first-order chi connectivity index (χ1) is 14.0. The van der Waals surface area contributed by atoms with Crippen molar-refractivity contribution in [3.63, 3.8) is 0 Å². The smallest absolute Gasteiger partial charge is 0.354 e. The van der Waals surface area contributed by atoms with Crippen molar-refractivity contribution in [1.29, 1.82) is 0 Å². The monoisotopic (exact) mass is 388 g/mol. The third-order valence-electron chi connectivity index (χ3n) is 4.94. The second-order valence-electron chi connectivity index (χ2n) is 6.98. The molecule has 0 aliphatic carbocycles. The number of esters is 1. The van der Waals surface area contributed by atoms with Gasteiger partial charge in [-0.05, 0) is 48.7 Å². The molecule has 0 radical (unpaired) electrons. The van der Waals surface area contributed by atoms with E-state index in [2.05, 4.69) is 19.9 Å². The number of Topliss-reactive ketones (excluding diaryl/α,β-unsaturated/α-hetero) is 1. The quantitative estimate of drug-likeness (QED) is 0.652. The Morgan fingerprint density at radius 3 is 2.76 bits per heavy atom. The molecule has 3 aromatic rings. The van der Waals surface area contributed by atoms with Crippen molar-refractivity contribution < 1.29 is 14.3 Å². The molecule has 4 heterocycles. The summed E-state index contributed by atoms with van der Waals surface area (Å²) in [4.78, 5) is 40.2. The van der Waals surface area contributed by atoms with Crippen molar-refractivity contribution in [2.75, 3.05) is 7.11 Å². The molecule has 0 bridgehead atoms. The van der Waals surface area contributed by atoms with Gasteiger partial charge in [0.05, 0.1) is 18.5 Å². The lowest BCUT2D eigenvalue weighted by Gasteiger charge is -2.01. The number of aryl methyl sites for hydroxylation is 1. The Hall–Kier alpha value is -3.61. The number of hydrogen-bond acceptors (Lipinski definition) is 6. The zero-order valence-corrected chi connectivity index (χ0v) is 16.2. The Morgan fingerprint density at radius 1 is 1.21 bits per heavy atom. The largest absolute Gasteiger partial charge is 0.464 e. The van der Waals surface area contributed by atoms with Crippen molar-refractivity contribution >= 4 is 34.2 Å². The number of ether oxygens (including phenoxy) is 1. The summed E-state index contributed by atoms with van der Waals surface area (Å²) >= 11 is 0. The zero-order valence-electron chi connectivity index (χ0n) is 16.2. The highest BCUT2D eigenvalue weighted by atomic mass is 16.5. The molecule has 1 aliphatic rings. The second-order valence-corrected chi connectivity index (χ2v) is 6.98. The predicted octanol–water partition coefficient (Wildman–Crippen LogP) is 3.52. The maximum atomic E-state index is 12.6. The van der Waals surface area contributed by atoms with E-state index >= 15 is 0 Å². The fourth-order valence-corrected chi connectivity index (χ4v) is 3.39. The molecule has 0 atom stereocenters. The maximum absolute atomic E-state index is 12.6. The summed E-state index contributed by atoms with van der Waals surface area (Å²) in [5.74, 6) is -0.388. The molecular formula is C22H20N4O3. The van der Waals surface area contributed by atoms with Crippen molar-refractivity contribution in [2.24, 2.45) is 4.99 Å². The molecule has 7 heteroatoms. The first-order valence-electron chi connectivity index (χ1n) is 9.32. The molecule has 0 aromatic carbocycles. The van der Waals surface area contributed by atoms with Gasteiger partial charge in [-0.3, -0.25) is 9.78 Å². The summed E-state index contributed by atoms with van der Waals surface area (Å²) in [6.45, 7) is 1.98. The average Bonchev–Trinajstić information content (AvgIpc) is 3.35. The molecule has 7 nitrogen and oxygen atoms in total. The van der Waals surface area contributed by atoms with Crippen LogP contribution in [-0.4, -0.2) is 39.5 Å². The van der Waals surface area contributed by atoms with Gasteiger partial charge >= 0.3 is 5.97 Å². The average molecular weight is 388 g/mol. The van der Waals surface area contributed by atoms with Crippen LogP contribution in [0.25, 0.3) is 16.7 Å². The van der Waals surface area contributed by atoms with E-state index < -0.39 is 5.97 Å². The first kappa shape index (κ1) is 18.7. The maximum Gasteiger partial charge on any atom is 0.354 e. The van der Waals surface area contributed by atoms with E-state index in [1.54, 1.807) is 24.7 Å². The fourth-order valence-electron chi connectivity index (χ4n) is 3.39. The summed E-state index contributed by atoms with van der Waals surface area (Å²) in [6, 6.07) is 7.45. The zero-order chi connectivity index (χ0) is 20.4. The number of methoxy groups -OCH3 is 1. The van der Waals surface area contributed by atoms with Gasteiger partial charge in [0.1, 0.15) is 11.3 Å². The number of nitrogens with one attached hydrogen (secondary N) is 1. The summed E-state index contributed by atoms with van der Waals surface area (Å²) in [5, 5.41) is 0.788. The fraction of sp³-hybridized carbons (Fsp3) is 0.227. The molecule has 1 aliphatic heterocycles. The van der Waals surface area contributed by atoms with Crippen LogP contribution in [0.15, 0.2) is 53.4 Å². The number of carbonyl (C=O) groups excluding carboxylic acids is 2. The number of nitrogens with zero attached hydrogens (tertiary/aromatic N) is 3. The highest BCUT2D eigenvalue weighted by Crippen LogP contribution is 2.30. The topological polar surface area (TPSA) is 97.3 Å². The summed E-state index contributed by atoms with van der Waals surface area (Å²) in [7, 11) is 1.33. The molecule has 0 saturated carbocycles. The number of aromatic nitrogens is 3. The molecule has 4 rings (SSSR count). The predicted molar refractivity (Wildman–Crippen MR) is 110 cm³/mol. The molecular weight excluding hydrogens is 368 g/mol. The van der Waals surface area contributed by atoms with Crippen LogP contribution in [0.2, 0.25) is 0 Å². The Bertz CT molecular complexity index is 1160. The van der Waals surface area contributed by atoms with E-state index in [-0.39, 0.29) is 5.78 Å². The van der Waals surface area contributed by atoms with Crippen LogP contribution >= 0.6 is 0 Å². The summed E-state index contributed by atoms with van der Waals surface area (Å²) in [6.07, 6.45) is 6.79. The molecule has 0 spiro atoms. The number of pyridine rings is 2. The van der Waals surface area contributed by atoms with E-state index in [0.29, 0.717) is 36.3 Å². The van der Waals surface area contributed by atoms with Crippen LogP contribution in [0.3, 0.4) is 0 Å². The van der Waals surface area contributed by atoms with E-state index in [1.807, 2.05) is 25.1 Å². The molecule has 3 aromatic heterocycles. The van der Waals surface area contributed by atoms with Crippen molar-refractivity contribution in [1.82, 2.24) is 15.0 Å². The number of aliphatic imine (C=N–C) groups is 1. The Labute approximate surface area is 167 Å². The minimum absolute atomic E-state index is 0.0554. The van der Waals surface area contributed by atoms with Gasteiger partial charge in [-0.1, -0.05) is 0 Å². The Balaban J connectivity index is 1.53. The molecule has 0 fully saturated rings. The lowest BCUT2D eigenvalue weighted by Crippen LogP contribution is -2.12. The number of aromatic amines is 1. The third-order valence-corrected chi connectivity index (χ3v) is 4.94. The standard InChI is InChI=1S/C22H20N4O3/c1-13-9-17(19(27)4-3-14-5-7-23-8-6-14)25-20(13)16-10-15-11-18(22(28)29-2)26-21(15)24-12-16/h5-8,10-12H,3-4,9H2,1-2H3,(H,24,26). The number of H-pyrrole nitrogens is 1. The molecule has 1 N–H and O–H groups in total. The van der Waals surface area contributed by atoms with E-state index in [1.165, 1.54) is 7.11 Å². The number of fused-ring (bicyclic) bond motifs is 1. The van der Waals surface area contributed by atoms with Crippen LogP contribution < -0.4 is 0 Å². The third kappa shape index (κ3) is 3.85. The number of hydrogen-bond donors (Lipinski definition) is 1. The Morgan fingerprint density at radius 2 is 2.00 bits per heavy atom. The van der Waals surface area contributed by atoms with E-state index in [4.69, 9.17) is 4.74 Å². The number of allylic oxidation sites excluding steroid dienone is 1. The minimum Gasteiger partial charge on any atom is -0.464 e. The lowest BCUT2D eigenvalue weighted by atomic mass is 10.0. The van der Waals surface area contributed by atoms with Crippen LogP contribution in [0.1, 0.15) is 41.4 Å². The highest BCUT2D eigenvalue weighted by Gasteiger charge is 2.22. The second kappa shape index (κ2) is 7.79. The first-order valence-corrected chi connectivity index (χ1v) is 9.32. The molecule has 146 valence electrons. The van der Waals surface area contributed by atoms with Crippen LogP contribution in [0, 0.1) is 0 Å². The van der Waals surface area contributed by atoms with Gasteiger partial charge in [0.15, 0.2) is 5.78 Å².